The summed E-state index contributed by atoms with van der Waals surface area (Å²) in [5.74, 6) is 1.59. The van der Waals surface area contributed by atoms with Gasteiger partial charge in [0.1, 0.15) is 19.0 Å². The van der Waals surface area contributed by atoms with Crippen molar-refractivity contribution in [3.8, 4) is 11.5 Å². The number of carbonyl (C=O) groups is 1. The Labute approximate surface area is 183 Å². The molecule has 0 unspecified atom stereocenters. The van der Waals surface area contributed by atoms with E-state index < -0.39 is 6.10 Å². The van der Waals surface area contributed by atoms with E-state index in [9.17, 15) is 9.90 Å². The van der Waals surface area contributed by atoms with Gasteiger partial charge in [0, 0.05) is 32.8 Å². The van der Waals surface area contributed by atoms with Crippen LogP contribution in [0.1, 0.15) is 84.7 Å². The Morgan fingerprint density at radius 2 is 1.97 bits per heavy atom. The van der Waals surface area contributed by atoms with Gasteiger partial charge in [-0.05, 0) is 50.4 Å². The number of benzene rings is 1. The smallest absolute Gasteiger partial charge is 0.161 e. The third-order valence-corrected chi connectivity index (χ3v) is 6.56. The van der Waals surface area contributed by atoms with Gasteiger partial charge in [-0.2, -0.15) is 0 Å². The lowest BCUT2D eigenvalue weighted by molar-refractivity contribution is -0.121. The number of unbranched alkanes of at least 4 members (excludes halogenated alkanes) is 4. The van der Waals surface area contributed by atoms with Crippen LogP contribution in [0.3, 0.4) is 0 Å². The zero-order valence-electron chi connectivity index (χ0n) is 18.8. The molecular formula is C25H41NO4. The zero-order chi connectivity index (χ0) is 21.3. The Morgan fingerprint density at radius 1 is 1.20 bits per heavy atom. The number of nitrogens with zero attached hydrogens (tertiary/aromatic N) is 1. The third kappa shape index (κ3) is 6.45. The normalized spacial score (nSPS) is 20.8. The predicted octanol–water partition coefficient (Wildman–Crippen LogP) is 5.16. The molecule has 30 heavy (non-hydrogen) atoms. The van der Waals surface area contributed by atoms with Gasteiger partial charge in [0.2, 0.25) is 0 Å². The second-order valence-electron chi connectivity index (χ2n) is 9.00. The van der Waals surface area contributed by atoms with E-state index in [0.29, 0.717) is 37.8 Å². The molecule has 0 saturated carbocycles. The summed E-state index contributed by atoms with van der Waals surface area (Å²) in [6, 6.07) is 6.19. The van der Waals surface area contributed by atoms with E-state index in [1.807, 2.05) is 18.2 Å². The molecule has 2 heterocycles. The van der Waals surface area contributed by atoms with Crippen molar-refractivity contribution in [2.45, 2.75) is 83.8 Å². The topological polar surface area (TPSA) is 59.0 Å². The second-order valence-corrected chi connectivity index (χ2v) is 9.00. The van der Waals surface area contributed by atoms with Gasteiger partial charge in [-0.25, -0.2) is 0 Å². The van der Waals surface area contributed by atoms with Crippen molar-refractivity contribution in [3.63, 3.8) is 0 Å². The number of ketones is 1. The maximum absolute atomic E-state index is 12.7. The monoisotopic (exact) mass is 419 g/mol. The standard InChI is InChI=1S/C25H39NO4.H2/c1-3-4-5-6-7-10-22(27)16-21(18-26-13-8-9-19(26)2)25(28)20-11-12-23-24(17-20)30-15-14-29-23;/h11-12,17,19,21,25,28H,3-10,13-16,18H2,1-2H3;1H/t19-,21-,25+;/m1./s1. The number of Topliss-reactive ketones (excluding diaryl/α,β-unsaturated/α-hetero) is 1. The molecule has 3 rings (SSSR count). The highest BCUT2D eigenvalue weighted by Crippen LogP contribution is 2.36. The van der Waals surface area contributed by atoms with E-state index >= 15 is 0 Å². The first-order valence-electron chi connectivity index (χ1n) is 11.9. The summed E-state index contributed by atoms with van der Waals surface area (Å²) in [6.45, 7) is 7.34. The van der Waals surface area contributed by atoms with Crippen LogP contribution in [-0.4, -0.2) is 48.1 Å². The van der Waals surface area contributed by atoms with Gasteiger partial charge in [-0.3, -0.25) is 4.79 Å². The zero-order valence-corrected chi connectivity index (χ0v) is 18.8. The first-order valence-corrected chi connectivity index (χ1v) is 11.9. The van der Waals surface area contributed by atoms with Crippen molar-refractivity contribution in [3.05, 3.63) is 23.8 Å². The average molecular weight is 420 g/mol. The van der Waals surface area contributed by atoms with Gasteiger partial charge in [-0.15, -0.1) is 0 Å². The summed E-state index contributed by atoms with van der Waals surface area (Å²) in [6.07, 6.45) is 8.52. The van der Waals surface area contributed by atoms with Gasteiger partial charge >= 0.3 is 0 Å². The van der Waals surface area contributed by atoms with E-state index in [1.54, 1.807) is 0 Å². The minimum absolute atomic E-state index is 0. The molecule has 5 nitrogen and oxygen atoms in total. The molecule has 5 heteroatoms. The number of aliphatic hydroxyl groups is 1. The molecule has 0 spiro atoms. The fourth-order valence-corrected chi connectivity index (χ4v) is 4.68. The summed E-state index contributed by atoms with van der Waals surface area (Å²) >= 11 is 0. The maximum Gasteiger partial charge on any atom is 0.161 e. The number of ether oxygens (including phenoxy) is 2. The molecule has 0 aliphatic carbocycles. The quantitative estimate of drug-likeness (QED) is 0.474. The summed E-state index contributed by atoms with van der Waals surface area (Å²) in [5, 5.41) is 11.2. The number of likely N-dealkylation sites (tertiary alicyclic amines) is 1. The molecule has 1 N–H and O–H groups in total. The molecule has 1 fully saturated rings. The van der Waals surface area contributed by atoms with Crippen LogP contribution >= 0.6 is 0 Å². The third-order valence-electron chi connectivity index (χ3n) is 6.56. The highest BCUT2D eigenvalue weighted by molar-refractivity contribution is 5.78. The van der Waals surface area contributed by atoms with Crippen LogP contribution in [0.5, 0.6) is 11.5 Å². The van der Waals surface area contributed by atoms with Crippen molar-refractivity contribution in [2.24, 2.45) is 5.92 Å². The fraction of sp³-hybridized carbons (Fsp3) is 0.720. The lowest BCUT2D eigenvalue weighted by Crippen LogP contribution is -2.35. The number of carbonyl (C=O) groups excluding carboxylic acids is 1. The van der Waals surface area contributed by atoms with Gasteiger partial charge in [0.05, 0.1) is 6.10 Å². The van der Waals surface area contributed by atoms with Gasteiger partial charge in [0.15, 0.2) is 11.5 Å². The van der Waals surface area contributed by atoms with Crippen LogP contribution in [0.15, 0.2) is 18.2 Å². The molecule has 1 aromatic rings. The van der Waals surface area contributed by atoms with Crippen molar-refractivity contribution >= 4 is 5.78 Å². The minimum Gasteiger partial charge on any atom is -0.486 e. The fourth-order valence-electron chi connectivity index (χ4n) is 4.68. The highest BCUT2D eigenvalue weighted by atomic mass is 16.6. The van der Waals surface area contributed by atoms with E-state index in [0.717, 1.165) is 37.2 Å². The van der Waals surface area contributed by atoms with Crippen LogP contribution in [0, 0.1) is 5.92 Å². The van der Waals surface area contributed by atoms with E-state index in [1.165, 1.54) is 32.1 Å². The Morgan fingerprint density at radius 3 is 2.70 bits per heavy atom. The molecule has 2 aliphatic heterocycles. The Kier molecular flexibility index (Phi) is 9.01. The van der Waals surface area contributed by atoms with Crippen molar-refractivity contribution in [1.82, 2.24) is 4.90 Å². The van der Waals surface area contributed by atoms with Crippen LogP contribution in [0.25, 0.3) is 0 Å². The molecule has 1 aromatic carbocycles. The lowest BCUT2D eigenvalue weighted by atomic mass is 9.89. The SMILES string of the molecule is CCCCCCCC(=O)C[C@H](CN1CCC[C@H]1C)[C@@H](O)c1ccc2c(c1)OCCO2.[HH]. The number of hydrogen-bond acceptors (Lipinski definition) is 5. The van der Waals surface area contributed by atoms with E-state index in [4.69, 9.17) is 9.47 Å². The molecular weight excluding hydrogens is 378 g/mol. The number of rotatable bonds is 12. The van der Waals surface area contributed by atoms with Crippen molar-refractivity contribution in [2.75, 3.05) is 26.3 Å². The maximum atomic E-state index is 12.7. The second kappa shape index (κ2) is 11.7. The molecule has 170 valence electrons. The van der Waals surface area contributed by atoms with Crippen LogP contribution in [-0.2, 0) is 4.79 Å². The summed E-state index contributed by atoms with van der Waals surface area (Å²) in [4.78, 5) is 15.2. The summed E-state index contributed by atoms with van der Waals surface area (Å²) in [5.41, 5.74) is 0.812. The Bertz CT molecular complexity index is 683. The Balaban J connectivity index is 0.00000341. The van der Waals surface area contributed by atoms with E-state index in [2.05, 4.69) is 18.7 Å². The van der Waals surface area contributed by atoms with E-state index in [-0.39, 0.29) is 13.1 Å². The van der Waals surface area contributed by atoms with Gasteiger partial charge in [0.25, 0.3) is 0 Å². The lowest BCUT2D eigenvalue weighted by Gasteiger charge is -2.30. The number of fused-ring (bicyclic) bond motifs is 1. The summed E-state index contributed by atoms with van der Waals surface area (Å²) in [7, 11) is 0. The van der Waals surface area contributed by atoms with Crippen LogP contribution in [0.4, 0.5) is 0 Å². The first kappa shape index (κ1) is 23.1. The Hall–Kier alpha value is -1.59. The molecule has 1 saturated heterocycles. The number of hydrogen-bond donors (Lipinski definition) is 1. The van der Waals surface area contributed by atoms with Crippen molar-refractivity contribution in [1.29, 1.82) is 0 Å². The first-order chi connectivity index (χ1) is 14.6. The molecule has 3 atom stereocenters. The number of aliphatic hydroxyl groups excluding tert-OH is 1. The summed E-state index contributed by atoms with van der Waals surface area (Å²) < 4.78 is 11.3. The molecule has 2 aliphatic rings. The minimum atomic E-state index is -0.683. The van der Waals surface area contributed by atoms with Gasteiger partial charge in [-0.1, -0.05) is 38.7 Å². The molecule has 0 bridgehead atoms. The van der Waals surface area contributed by atoms with Gasteiger partial charge < -0.3 is 19.5 Å². The largest absolute Gasteiger partial charge is 0.486 e. The predicted molar refractivity (Wildman–Crippen MR) is 121 cm³/mol. The average Bonchev–Trinajstić information content (AvgIpc) is 3.16. The molecule has 0 aromatic heterocycles. The molecule has 0 radical (unpaired) electrons. The molecule has 0 amide bonds. The highest BCUT2D eigenvalue weighted by Gasteiger charge is 2.30. The van der Waals surface area contributed by atoms with Crippen LogP contribution < -0.4 is 9.47 Å². The van der Waals surface area contributed by atoms with Crippen LogP contribution in [0.2, 0.25) is 0 Å². The van der Waals surface area contributed by atoms with Crippen molar-refractivity contribution < 1.29 is 20.8 Å².